The molecule has 0 aliphatic heterocycles. The summed E-state index contributed by atoms with van der Waals surface area (Å²) in [6.07, 6.45) is 5.85. The maximum atomic E-state index is 10.6. The smallest absolute Gasteiger partial charge is 0.122 e. The molecule has 1 aromatic carbocycles. The summed E-state index contributed by atoms with van der Waals surface area (Å²) in [5.41, 5.74) is 3.32. The Morgan fingerprint density at radius 2 is 1.78 bits per heavy atom. The van der Waals surface area contributed by atoms with Crippen LogP contribution < -0.4 is 4.74 Å². The van der Waals surface area contributed by atoms with Crippen LogP contribution in [0.4, 0.5) is 0 Å². The number of hydrogen-bond donors (Lipinski definition) is 1. The van der Waals surface area contributed by atoms with E-state index in [2.05, 4.69) is 13.0 Å². The highest BCUT2D eigenvalue weighted by atomic mass is 16.5. The molecule has 1 unspecified atom stereocenters. The van der Waals surface area contributed by atoms with Crippen LogP contribution >= 0.6 is 0 Å². The third kappa shape index (κ3) is 2.69. The Hall–Kier alpha value is -1.02. The maximum absolute atomic E-state index is 10.6. The van der Waals surface area contributed by atoms with Crippen LogP contribution in [0.15, 0.2) is 12.1 Å². The lowest BCUT2D eigenvalue weighted by Gasteiger charge is -2.28. The molecule has 0 aromatic heterocycles. The minimum absolute atomic E-state index is 0.310. The molecule has 2 rings (SSSR count). The van der Waals surface area contributed by atoms with Crippen molar-refractivity contribution in [3.05, 3.63) is 28.8 Å². The number of aryl methyl sites for hydroxylation is 2. The highest BCUT2D eigenvalue weighted by Gasteiger charge is 2.24. The van der Waals surface area contributed by atoms with Gasteiger partial charge in [-0.3, -0.25) is 0 Å². The van der Waals surface area contributed by atoms with Crippen molar-refractivity contribution in [3.63, 3.8) is 0 Å². The van der Waals surface area contributed by atoms with Gasteiger partial charge in [-0.15, -0.1) is 0 Å². The highest BCUT2D eigenvalue weighted by molar-refractivity contribution is 5.42. The predicted molar refractivity (Wildman–Crippen MR) is 74.0 cm³/mol. The minimum atomic E-state index is -0.310. The van der Waals surface area contributed by atoms with Crippen LogP contribution in [0, 0.1) is 19.8 Å². The first-order valence-electron chi connectivity index (χ1n) is 6.96. The van der Waals surface area contributed by atoms with E-state index >= 15 is 0 Å². The molecular weight excluding hydrogens is 224 g/mol. The Kier molecular flexibility index (Phi) is 4.28. The average molecular weight is 248 g/mol. The third-order valence-corrected chi connectivity index (χ3v) is 4.20. The van der Waals surface area contributed by atoms with Crippen molar-refractivity contribution < 1.29 is 9.84 Å². The second-order valence-electron chi connectivity index (χ2n) is 5.52. The zero-order valence-corrected chi connectivity index (χ0v) is 11.7. The zero-order valence-electron chi connectivity index (χ0n) is 11.7. The van der Waals surface area contributed by atoms with Gasteiger partial charge >= 0.3 is 0 Å². The van der Waals surface area contributed by atoms with Crippen molar-refractivity contribution in [1.82, 2.24) is 0 Å². The van der Waals surface area contributed by atoms with E-state index in [1.54, 1.807) is 7.11 Å². The summed E-state index contributed by atoms with van der Waals surface area (Å²) in [4.78, 5) is 0. The number of ether oxygens (including phenoxy) is 1. The van der Waals surface area contributed by atoms with E-state index in [4.69, 9.17) is 4.74 Å². The summed E-state index contributed by atoms with van der Waals surface area (Å²) in [5, 5.41) is 10.6. The number of rotatable bonds is 3. The fourth-order valence-corrected chi connectivity index (χ4v) is 3.05. The van der Waals surface area contributed by atoms with Crippen molar-refractivity contribution in [3.8, 4) is 5.75 Å². The van der Waals surface area contributed by atoms with Gasteiger partial charge in [-0.2, -0.15) is 0 Å². The number of aliphatic hydroxyl groups excluding tert-OH is 1. The normalized spacial score (nSPS) is 18.7. The summed E-state index contributed by atoms with van der Waals surface area (Å²) in [5.74, 6) is 1.34. The van der Waals surface area contributed by atoms with Gasteiger partial charge in [0.2, 0.25) is 0 Å². The number of benzene rings is 1. The topological polar surface area (TPSA) is 29.5 Å². The molecule has 18 heavy (non-hydrogen) atoms. The van der Waals surface area contributed by atoms with Gasteiger partial charge in [-0.1, -0.05) is 19.3 Å². The average Bonchev–Trinajstić information content (AvgIpc) is 2.41. The van der Waals surface area contributed by atoms with Gasteiger partial charge in [0, 0.05) is 0 Å². The molecule has 1 aromatic rings. The summed E-state index contributed by atoms with van der Waals surface area (Å²) in [6, 6.07) is 4.13. The second kappa shape index (κ2) is 5.75. The quantitative estimate of drug-likeness (QED) is 0.878. The Bertz CT molecular complexity index is 406. The van der Waals surface area contributed by atoms with Gasteiger partial charge in [0.15, 0.2) is 0 Å². The van der Waals surface area contributed by atoms with Crippen LogP contribution in [0.2, 0.25) is 0 Å². The Labute approximate surface area is 110 Å². The van der Waals surface area contributed by atoms with Crippen LogP contribution in [0.25, 0.3) is 0 Å². The highest BCUT2D eigenvalue weighted by Crippen LogP contribution is 2.37. The molecule has 2 nitrogen and oxygen atoms in total. The van der Waals surface area contributed by atoms with E-state index in [0.29, 0.717) is 5.92 Å². The first-order chi connectivity index (χ1) is 8.63. The molecule has 1 aliphatic carbocycles. The minimum Gasteiger partial charge on any atom is -0.496 e. The lowest BCUT2D eigenvalue weighted by molar-refractivity contribution is 0.0842. The maximum Gasteiger partial charge on any atom is 0.122 e. The van der Waals surface area contributed by atoms with Gasteiger partial charge in [-0.25, -0.2) is 0 Å². The molecular formula is C16H24O2. The van der Waals surface area contributed by atoms with Gasteiger partial charge in [0.25, 0.3) is 0 Å². The van der Waals surface area contributed by atoms with Crippen molar-refractivity contribution in [1.29, 1.82) is 0 Å². The molecule has 1 fully saturated rings. The van der Waals surface area contributed by atoms with Gasteiger partial charge in [0.05, 0.1) is 13.2 Å². The van der Waals surface area contributed by atoms with Gasteiger partial charge < -0.3 is 9.84 Å². The van der Waals surface area contributed by atoms with Gasteiger partial charge in [-0.05, 0) is 61.4 Å². The van der Waals surface area contributed by atoms with Crippen LogP contribution in [0.3, 0.4) is 0 Å². The molecule has 0 amide bonds. The molecule has 2 heteroatoms. The second-order valence-corrected chi connectivity index (χ2v) is 5.52. The number of methoxy groups -OCH3 is 1. The third-order valence-electron chi connectivity index (χ3n) is 4.20. The monoisotopic (exact) mass is 248 g/mol. The Balaban J connectivity index is 2.23. The van der Waals surface area contributed by atoms with Crippen molar-refractivity contribution in [2.45, 2.75) is 52.1 Å². The summed E-state index contributed by atoms with van der Waals surface area (Å²) in [7, 11) is 1.69. The fraction of sp³-hybridized carbons (Fsp3) is 0.625. The van der Waals surface area contributed by atoms with Crippen LogP contribution in [-0.4, -0.2) is 12.2 Å². The van der Waals surface area contributed by atoms with Crippen LogP contribution in [0.5, 0.6) is 5.75 Å². The first-order valence-corrected chi connectivity index (χ1v) is 6.96. The molecule has 100 valence electrons. The molecule has 0 spiro atoms. The molecule has 0 heterocycles. The Morgan fingerprint density at radius 3 is 2.39 bits per heavy atom. The van der Waals surface area contributed by atoms with Crippen LogP contribution in [0.1, 0.15) is 54.9 Å². The predicted octanol–water partition coefficient (Wildman–Crippen LogP) is 3.93. The van der Waals surface area contributed by atoms with E-state index in [-0.39, 0.29) is 6.10 Å². The first kappa shape index (κ1) is 13.4. The van der Waals surface area contributed by atoms with E-state index in [1.165, 1.54) is 19.3 Å². The van der Waals surface area contributed by atoms with Gasteiger partial charge in [0.1, 0.15) is 5.75 Å². The summed E-state index contributed by atoms with van der Waals surface area (Å²) >= 11 is 0. The summed E-state index contributed by atoms with van der Waals surface area (Å²) < 4.78 is 5.32. The fourth-order valence-electron chi connectivity index (χ4n) is 3.05. The van der Waals surface area contributed by atoms with E-state index in [0.717, 1.165) is 35.3 Å². The SMILES string of the molecule is COc1cc(C)c(C(O)C2CCCCC2)cc1C. The van der Waals surface area contributed by atoms with E-state index < -0.39 is 0 Å². The number of hydrogen-bond acceptors (Lipinski definition) is 2. The largest absolute Gasteiger partial charge is 0.496 e. The molecule has 0 bridgehead atoms. The lowest BCUT2D eigenvalue weighted by atomic mass is 9.81. The van der Waals surface area contributed by atoms with Crippen LogP contribution in [-0.2, 0) is 0 Å². The van der Waals surface area contributed by atoms with Crippen molar-refractivity contribution in [2.24, 2.45) is 5.92 Å². The molecule has 0 radical (unpaired) electrons. The molecule has 0 saturated heterocycles. The van der Waals surface area contributed by atoms with E-state index in [9.17, 15) is 5.11 Å². The number of aliphatic hydroxyl groups is 1. The zero-order chi connectivity index (χ0) is 13.1. The van der Waals surface area contributed by atoms with Crippen molar-refractivity contribution in [2.75, 3.05) is 7.11 Å². The van der Waals surface area contributed by atoms with Crippen molar-refractivity contribution >= 4 is 0 Å². The summed E-state index contributed by atoms with van der Waals surface area (Å²) in [6.45, 7) is 4.10. The Morgan fingerprint density at radius 1 is 1.11 bits per heavy atom. The lowest BCUT2D eigenvalue weighted by Crippen LogP contribution is -2.17. The molecule has 1 aliphatic rings. The molecule has 1 atom stereocenters. The molecule has 1 N–H and O–H groups in total. The molecule has 1 saturated carbocycles. The standard InChI is InChI=1S/C16H24O2/c1-11-10-15(18-3)12(2)9-14(11)16(17)13-7-5-4-6-8-13/h9-10,13,16-17H,4-8H2,1-3H3. The van der Waals surface area contributed by atoms with E-state index in [1.807, 2.05) is 13.0 Å².